The minimum atomic E-state index is -0.924. The molecule has 0 aliphatic carbocycles. The molecular formula is C9H14N4O2. The van der Waals surface area contributed by atoms with Gasteiger partial charge in [-0.1, -0.05) is 0 Å². The van der Waals surface area contributed by atoms with Gasteiger partial charge in [0.25, 0.3) is 0 Å². The molecule has 82 valence electrons. The third kappa shape index (κ3) is 4.26. The van der Waals surface area contributed by atoms with Gasteiger partial charge < -0.3 is 15.7 Å². The first-order valence-corrected chi connectivity index (χ1v) is 4.62. The number of carbonyl (C=O) groups is 1. The number of hydrogen-bond donors (Lipinski definition) is 3. The lowest BCUT2D eigenvalue weighted by molar-refractivity contribution is -0.134. The molecule has 15 heavy (non-hydrogen) atoms. The fraction of sp³-hybridized carbons (Fsp3) is 0.444. The van der Waals surface area contributed by atoms with Crippen LogP contribution < -0.4 is 10.6 Å². The van der Waals surface area contributed by atoms with Gasteiger partial charge in [0.05, 0.1) is 0 Å². The van der Waals surface area contributed by atoms with Crippen LogP contribution in [0, 0.1) is 0 Å². The van der Waals surface area contributed by atoms with Crippen molar-refractivity contribution in [2.45, 2.75) is 19.9 Å². The number of aliphatic carboxylic acids is 1. The van der Waals surface area contributed by atoms with Gasteiger partial charge in [-0.05, 0) is 13.8 Å². The van der Waals surface area contributed by atoms with Gasteiger partial charge in [0, 0.05) is 12.1 Å². The molecule has 0 radical (unpaired) electrons. The summed E-state index contributed by atoms with van der Waals surface area (Å²) in [6.45, 7) is 3.83. The molecule has 0 fully saturated rings. The molecule has 1 aromatic heterocycles. The third-order valence-corrected chi connectivity index (χ3v) is 1.52. The maximum atomic E-state index is 10.3. The molecule has 1 rings (SSSR count). The second-order valence-corrected chi connectivity index (χ2v) is 3.33. The summed E-state index contributed by atoms with van der Waals surface area (Å²) in [4.78, 5) is 18.2. The first-order chi connectivity index (χ1) is 7.08. The van der Waals surface area contributed by atoms with Crippen LogP contribution in [0.5, 0.6) is 0 Å². The highest BCUT2D eigenvalue weighted by molar-refractivity contribution is 5.72. The molecule has 0 saturated carbocycles. The van der Waals surface area contributed by atoms with Crippen molar-refractivity contribution in [3.05, 3.63) is 12.4 Å². The fourth-order valence-corrected chi connectivity index (χ4v) is 0.995. The van der Waals surface area contributed by atoms with Crippen LogP contribution in [-0.4, -0.2) is 33.6 Å². The number of aromatic nitrogens is 2. The highest BCUT2D eigenvalue weighted by atomic mass is 16.4. The summed E-state index contributed by atoms with van der Waals surface area (Å²) in [5.74, 6) is 0.246. The minimum Gasteiger partial charge on any atom is -0.480 e. The zero-order valence-corrected chi connectivity index (χ0v) is 8.69. The molecule has 1 aromatic rings. The van der Waals surface area contributed by atoms with Crippen molar-refractivity contribution < 1.29 is 9.90 Å². The minimum absolute atomic E-state index is 0.155. The smallest absolute Gasteiger partial charge is 0.322 e. The molecule has 0 aliphatic rings. The van der Waals surface area contributed by atoms with E-state index in [1.807, 2.05) is 13.8 Å². The lowest BCUT2D eigenvalue weighted by Crippen LogP contribution is -2.15. The summed E-state index contributed by atoms with van der Waals surface area (Å²) in [7, 11) is 0. The van der Waals surface area contributed by atoms with Crippen LogP contribution in [0.1, 0.15) is 13.8 Å². The first kappa shape index (κ1) is 11.2. The Balaban J connectivity index is 2.61. The Morgan fingerprint density at radius 1 is 1.47 bits per heavy atom. The van der Waals surface area contributed by atoms with Crippen LogP contribution in [0.25, 0.3) is 0 Å². The Kier molecular flexibility index (Phi) is 3.84. The van der Waals surface area contributed by atoms with Crippen molar-refractivity contribution in [3.63, 3.8) is 0 Å². The second-order valence-electron chi connectivity index (χ2n) is 3.33. The van der Waals surface area contributed by atoms with Crippen molar-refractivity contribution in [1.82, 2.24) is 9.97 Å². The van der Waals surface area contributed by atoms with E-state index in [9.17, 15) is 4.79 Å². The molecule has 0 saturated heterocycles. The average molecular weight is 210 g/mol. The van der Waals surface area contributed by atoms with Crippen molar-refractivity contribution in [1.29, 1.82) is 0 Å². The van der Waals surface area contributed by atoms with E-state index in [2.05, 4.69) is 20.6 Å². The summed E-state index contributed by atoms with van der Waals surface area (Å²) < 4.78 is 0. The molecule has 0 bridgehead atoms. The van der Waals surface area contributed by atoms with E-state index < -0.39 is 5.97 Å². The summed E-state index contributed by atoms with van der Waals surface area (Å²) in [6.07, 6.45) is 1.38. The highest BCUT2D eigenvalue weighted by Gasteiger charge is 2.01. The number of carboxylic acids is 1. The molecule has 3 N–H and O–H groups in total. The average Bonchev–Trinajstić information content (AvgIpc) is 2.14. The Labute approximate surface area is 87.8 Å². The Hall–Kier alpha value is -1.85. The number of rotatable bonds is 5. The van der Waals surface area contributed by atoms with Crippen molar-refractivity contribution in [2.75, 3.05) is 17.2 Å². The largest absolute Gasteiger partial charge is 0.480 e. The van der Waals surface area contributed by atoms with Gasteiger partial charge in [-0.25, -0.2) is 9.97 Å². The molecule has 0 aliphatic heterocycles. The van der Waals surface area contributed by atoms with Gasteiger partial charge in [0.2, 0.25) is 0 Å². The van der Waals surface area contributed by atoms with E-state index in [1.54, 1.807) is 6.07 Å². The SMILES string of the molecule is CC(C)Nc1cc(NCC(=O)O)ncn1. The van der Waals surface area contributed by atoms with Gasteiger partial charge >= 0.3 is 5.97 Å². The second kappa shape index (κ2) is 5.14. The van der Waals surface area contributed by atoms with Crippen LogP contribution in [0.3, 0.4) is 0 Å². The lowest BCUT2D eigenvalue weighted by Gasteiger charge is -2.09. The summed E-state index contributed by atoms with van der Waals surface area (Å²) in [5.41, 5.74) is 0. The maximum Gasteiger partial charge on any atom is 0.322 e. The number of anilines is 2. The summed E-state index contributed by atoms with van der Waals surface area (Å²) in [6, 6.07) is 1.94. The van der Waals surface area contributed by atoms with E-state index in [1.165, 1.54) is 6.33 Å². The first-order valence-electron chi connectivity index (χ1n) is 4.62. The van der Waals surface area contributed by atoms with Crippen LogP contribution in [-0.2, 0) is 4.79 Å². The van der Waals surface area contributed by atoms with Crippen molar-refractivity contribution in [2.24, 2.45) is 0 Å². The standard InChI is InChI=1S/C9H14N4O2/c1-6(2)13-8-3-7(11-5-12-8)10-4-9(14)15/h3,5-6H,4H2,1-2H3,(H,14,15)(H2,10,11,12,13). The van der Waals surface area contributed by atoms with Crippen molar-refractivity contribution >= 4 is 17.6 Å². The quantitative estimate of drug-likeness (QED) is 0.666. The van der Waals surface area contributed by atoms with E-state index in [0.29, 0.717) is 11.6 Å². The summed E-state index contributed by atoms with van der Waals surface area (Å²) in [5, 5.41) is 14.2. The van der Waals surface area contributed by atoms with Crippen LogP contribution in [0.15, 0.2) is 12.4 Å². The predicted molar refractivity (Wildman–Crippen MR) is 56.9 cm³/mol. The molecule has 0 aromatic carbocycles. The van der Waals surface area contributed by atoms with E-state index >= 15 is 0 Å². The zero-order valence-electron chi connectivity index (χ0n) is 8.69. The molecule has 0 atom stereocenters. The molecule has 0 amide bonds. The Morgan fingerprint density at radius 2 is 2.13 bits per heavy atom. The highest BCUT2D eigenvalue weighted by Crippen LogP contribution is 2.08. The lowest BCUT2D eigenvalue weighted by atomic mass is 10.4. The third-order valence-electron chi connectivity index (χ3n) is 1.52. The normalized spacial score (nSPS) is 10.1. The molecule has 6 heteroatoms. The topological polar surface area (TPSA) is 87.1 Å². The van der Waals surface area contributed by atoms with Crippen molar-refractivity contribution in [3.8, 4) is 0 Å². The number of nitrogens with one attached hydrogen (secondary N) is 2. The Bertz CT molecular complexity index is 341. The van der Waals surface area contributed by atoms with Gasteiger partial charge in [-0.15, -0.1) is 0 Å². The van der Waals surface area contributed by atoms with E-state index in [4.69, 9.17) is 5.11 Å². The zero-order chi connectivity index (χ0) is 11.3. The number of hydrogen-bond acceptors (Lipinski definition) is 5. The van der Waals surface area contributed by atoms with Crippen LogP contribution >= 0.6 is 0 Å². The van der Waals surface area contributed by atoms with Crippen LogP contribution in [0.2, 0.25) is 0 Å². The molecule has 0 unspecified atom stereocenters. The van der Waals surface area contributed by atoms with Gasteiger partial charge in [0.1, 0.15) is 24.5 Å². The van der Waals surface area contributed by atoms with Crippen LogP contribution in [0.4, 0.5) is 11.6 Å². The van der Waals surface area contributed by atoms with Gasteiger partial charge in [-0.2, -0.15) is 0 Å². The van der Waals surface area contributed by atoms with Gasteiger partial charge in [-0.3, -0.25) is 4.79 Å². The molecule has 0 spiro atoms. The van der Waals surface area contributed by atoms with E-state index in [-0.39, 0.29) is 12.6 Å². The Morgan fingerprint density at radius 3 is 2.73 bits per heavy atom. The maximum absolute atomic E-state index is 10.3. The summed E-state index contributed by atoms with van der Waals surface area (Å²) >= 11 is 0. The fourth-order valence-electron chi connectivity index (χ4n) is 0.995. The molecule has 1 heterocycles. The number of carboxylic acid groups (broad SMARTS) is 1. The predicted octanol–water partition coefficient (Wildman–Crippen LogP) is 0.793. The molecular weight excluding hydrogens is 196 g/mol. The van der Waals surface area contributed by atoms with E-state index in [0.717, 1.165) is 0 Å². The molecule has 6 nitrogen and oxygen atoms in total. The van der Waals surface area contributed by atoms with Gasteiger partial charge in [0.15, 0.2) is 0 Å². The number of nitrogens with zero attached hydrogens (tertiary/aromatic N) is 2. The monoisotopic (exact) mass is 210 g/mol.